The number of aromatic nitrogens is 2. The molecule has 5 nitrogen and oxygen atoms in total. The summed E-state index contributed by atoms with van der Waals surface area (Å²) in [6.45, 7) is 8.17. The van der Waals surface area contributed by atoms with E-state index in [2.05, 4.69) is 4.98 Å². The van der Waals surface area contributed by atoms with E-state index in [1.54, 1.807) is 27.7 Å². The molecule has 0 amide bonds. The lowest BCUT2D eigenvalue weighted by atomic mass is 10.1. The Bertz CT molecular complexity index is 788. The number of carbonyl (C=O) groups is 1. The van der Waals surface area contributed by atoms with Crippen molar-refractivity contribution in [2.24, 2.45) is 0 Å². The van der Waals surface area contributed by atoms with Gasteiger partial charge in [0, 0.05) is 6.07 Å². The predicted molar refractivity (Wildman–Crippen MR) is 77.1 cm³/mol. The first-order valence-electron chi connectivity index (χ1n) is 6.53. The second-order valence-corrected chi connectivity index (χ2v) is 5.90. The van der Waals surface area contributed by atoms with Gasteiger partial charge in [-0.3, -0.25) is 4.79 Å². The van der Waals surface area contributed by atoms with Gasteiger partial charge in [0.2, 0.25) is 0 Å². The quantitative estimate of drug-likeness (QED) is 0.749. The molecule has 0 N–H and O–H groups in total. The van der Waals surface area contributed by atoms with Crippen LogP contribution in [-0.2, 0) is 4.74 Å². The zero-order valence-corrected chi connectivity index (χ0v) is 12.7. The fraction of sp³-hybridized carbons (Fsp3) is 0.400. The van der Waals surface area contributed by atoms with E-state index in [4.69, 9.17) is 4.74 Å². The van der Waals surface area contributed by atoms with Crippen molar-refractivity contribution in [3.63, 3.8) is 0 Å². The number of hydrogen-bond donors (Lipinski definition) is 0. The summed E-state index contributed by atoms with van der Waals surface area (Å²) in [7, 11) is 0. The normalized spacial score (nSPS) is 11.7. The van der Waals surface area contributed by atoms with Gasteiger partial charge in [0.25, 0.3) is 5.56 Å². The van der Waals surface area contributed by atoms with Crippen LogP contribution < -0.4 is 5.56 Å². The van der Waals surface area contributed by atoms with Crippen LogP contribution in [0.15, 0.2) is 16.9 Å². The average molecular weight is 292 g/mol. The second kappa shape index (κ2) is 4.95. The minimum Gasteiger partial charge on any atom is -0.443 e. The molecule has 1 heterocycles. The van der Waals surface area contributed by atoms with E-state index in [-0.39, 0.29) is 16.7 Å². The third-order valence-electron chi connectivity index (χ3n) is 2.89. The lowest BCUT2D eigenvalue weighted by molar-refractivity contribution is 0.0526. The summed E-state index contributed by atoms with van der Waals surface area (Å²) in [5.74, 6) is -0.283. The van der Waals surface area contributed by atoms with Crippen LogP contribution in [0.5, 0.6) is 0 Å². The summed E-state index contributed by atoms with van der Waals surface area (Å²) in [5.41, 5.74) is -0.743. The molecule has 0 fully saturated rings. The van der Waals surface area contributed by atoms with Gasteiger partial charge in [-0.25, -0.2) is 14.2 Å². The average Bonchev–Trinajstić information content (AvgIpc) is 2.29. The summed E-state index contributed by atoms with van der Waals surface area (Å²) in [4.78, 5) is 28.7. The van der Waals surface area contributed by atoms with Crippen molar-refractivity contribution in [2.75, 3.05) is 0 Å². The van der Waals surface area contributed by atoms with E-state index in [1.165, 1.54) is 19.1 Å². The third kappa shape index (κ3) is 2.94. The van der Waals surface area contributed by atoms with Crippen molar-refractivity contribution in [1.29, 1.82) is 0 Å². The van der Waals surface area contributed by atoms with Crippen molar-refractivity contribution in [1.82, 2.24) is 9.55 Å². The predicted octanol–water partition coefficient (Wildman–Crippen LogP) is 2.94. The van der Waals surface area contributed by atoms with Crippen molar-refractivity contribution in [3.05, 3.63) is 39.7 Å². The van der Waals surface area contributed by atoms with Crippen molar-refractivity contribution in [3.8, 4) is 0 Å². The number of halogens is 1. The maximum atomic E-state index is 13.6. The van der Waals surface area contributed by atoms with Crippen LogP contribution in [-0.4, -0.2) is 21.2 Å². The number of nitrogens with zero attached hydrogens (tertiary/aromatic N) is 2. The summed E-state index contributed by atoms with van der Waals surface area (Å²) in [6.07, 6.45) is -0.790. The van der Waals surface area contributed by atoms with E-state index in [0.717, 1.165) is 4.57 Å². The molecule has 21 heavy (non-hydrogen) atoms. The molecule has 0 bridgehead atoms. The van der Waals surface area contributed by atoms with Crippen LogP contribution in [0, 0.1) is 19.7 Å². The molecule has 0 radical (unpaired) electrons. The molecule has 0 aliphatic carbocycles. The molecular weight excluding hydrogens is 275 g/mol. The molecule has 0 unspecified atom stereocenters. The smallest absolute Gasteiger partial charge is 0.422 e. The van der Waals surface area contributed by atoms with E-state index in [0.29, 0.717) is 5.56 Å². The minimum absolute atomic E-state index is 0.157. The number of ether oxygens (including phenoxy) is 1. The molecule has 6 heteroatoms. The minimum atomic E-state index is -0.790. The number of hydrogen-bond acceptors (Lipinski definition) is 4. The molecule has 0 saturated heterocycles. The zero-order chi connectivity index (χ0) is 15.9. The van der Waals surface area contributed by atoms with Gasteiger partial charge in [-0.15, -0.1) is 0 Å². The highest BCUT2D eigenvalue weighted by Gasteiger charge is 2.22. The van der Waals surface area contributed by atoms with Gasteiger partial charge < -0.3 is 4.74 Å². The van der Waals surface area contributed by atoms with Crippen LogP contribution in [0.3, 0.4) is 0 Å². The lowest BCUT2D eigenvalue weighted by Gasteiger charge is -2.20. The van der Waals surface area contributed by atoms with E-state index >= 15 is 0 Å². The molecule has 0 aliphatic rings. The Morgan fingerprint density at radius 3 is 2.48 bits per heavy atom. The first kappa shape index (κ1) is 15.2. The van der Waals surface area contributed by atoms with Gasteiger partial charge in [0.1, 0.15) is 17.2 Å². The van der Waals surface area contributed by atoms with Crippen molar-refractivity contribution >= 4 is 17.0 Å². The van der Waals surface area contributed by atoms with E-state index in [1.807, 2.05) is 0 Å². The molecule has 0 saturated carbocycles. The highest BCUT2D eigenvalue weighted by atomic mass is 19.1. The van der Waals surface area contributed by atoms with Crippen LogP contribution >= 0.6 is 0 Å². The summed E-state index contributed by atoms with van der Waals surface area (Å²) in [5, 5.41) is 0.186. The van der Waals surface area contributed by atoms with Gasteiger partial charge >= 0.3 is 6.09 Å². The van der Waals surface area contributed by atoms with Crippen molar-refractivity contribution in [2.45, 2.75) is 40.2 Å². The number of aryl methyl sites for hydroxylation is 2. The Kier molecular flexibility index (Phi) is 3.57. The second-order valence-electron chi connectivity index (χ2n) is 5.90. The first-order chi connectivity index (χ1) is 9.60. The Hall–Kier alpha value is -2.24. The topological polar surface area (TPSA) is 61.2 Å². The van der Waals surface area contributed by atoms with Gasteiger partial charge in [-0.2, -0.15) is 4.57 Å². The van der Waals surface area contributed by atoms with Gasteiger partial charge in [-0.05, 0) is 46.2 Å². The van der Waals surface area contributed by atoms with Crippen molar-refractivity contribution < 1.29 is 13.9 Å². The van der Waals surface area contributed by atoms with E-state index < -0.39 is 23.1 Å². The molecule has 112 valence electrons. The summed E-state index contributed by atoms with van der Waals surface area (Å²) >= 11 is 0. The Morgan fingerprint density at radius 1 is 1.29 bits per heavy atom. The Labute approximate surface area is 121 Å². The SMILES string of the molecule is Cc1cc2c(=O)n(C(=O)OC(C)(C)C)c(C)nc2cc1F. The molecule has 0 spiro atoms. The first-order valence-corrected chi connectivity index (χ1v) is 6.53. The highest BCUT2D eigenvalue weighted by Crippen LogP contribution is 2.15. The van der Waals surface area contributed by atoms with Gasteiger partial charge in [0.15, 0.2) is 0 Å². The number of carbonyl (C=O) groups excluding carboxylic acids is 1. The zero-order valence-electron chi connectivity index (χ0n) is 12.7. The van der Waals surface area contributed by atoms with Gasteiger partial charge in [0.05, 0.1) is 10.9 Å². The molecule has 2 rings (SSSR count). The maximum Gasteiger partial charge on any atom is 0.422 e. The number of benzene rings is 1. The number of fused-ring (bicyclic) bond motifs is 1. The molecule has 1 aromatic heterocycles. The Morgan fingerprint density at radius 2 is 1.90 bits per heavy atom. The number of rotatable bonds is 0. The van der Waals surface area contributed by atoms with Crippen LogP contribution in [0.1, 0.15) is 32.2 Å². The fourth-order valence-corrected chi connectivity index (χ4v) is 1.95. The third-order valence-corrected chi connectivity index (χ3v) is 2.89. The molecule has 0 atom stereocenters. The van der Waals surface area contributed by atoms with Crippen LogP contribution in [0.25, 0.3) is 10.9 Å². The summed E-state index contributed by atoms with van der Waals surface area (Å²) in [6, 6.07) is 2.58. The highest BCUT2D eigenvalue weighted by molar-refractivity contribution is 5.82. The largest absolute Gasteiger partial charge is 0.443 e. The molecule has 2 aromatic rings. The van der Waals surface area contributed by atoms with E-state index in [9.17, 15) is 14.0 Å². The fourth-order valence-electron chi connectivity index (χ4n) is 1.95. The lowest BCUT2D eigenvalue weighted by Crippen LogP contribution is -2.35. The summed E-state index contributed by atoms with van der Waals surface area (Å²) < 4.78 is 19.6. The molecule has 1 aromatic carbocycles. The van der Waals surface area contributed by atoms with Crippen LogP contribution in [0.2, 0.25) is 0 Å². The monoisotopic (exact) mass is 292 g/mol. The maximum absolute atomic E-state index is 13.6. The molecule has 0 aliphatic heterocycles. The van der Waals surface area contributed by atoms with Gasteiger partial charge in [-0.1, -0.05) is 0 Å². The van der Waals surface area contributed by atoms with Crippen LogP contribution in [0.4, 0.5) is 9.18 Å². The Balaban J connectivity index is 2.69. The standard InChI is InChI=1S/C15H17FN2O3/c1-8-6-10-12(7-11(8)16)17-9(2)18(13(10)19)14(20)21-15(3,4)5/h6-7H,1-5H3. The molecular formula is C15H17FN2O3.